The zero-order chi connectivity index (χ0) is 14.4. The summed E-state index contributed by atoms with van der Waals surface area (Å²) >= 11 is 5.74. The molecule has 0 saturated heterocycles. The maximum atomic E-state index is 11.6. The van der Waals surface area contributed by atoms with E-state index in [1.807, 2.05) is 0 Å². The predicted molar refractivity (Wildman–Crippen MR) is 74.9 cm³/mol. The number of nitrogens with one attached hydrogen (secondary N) is 1. The van der Waals surface area contributed by atoms with E-state index in [2.05, 4.69) is 5.32 Å². The van der Waals surface area contributed by atoms with Crippen molar-refractivity contribution in [2.75, 3.05) is 0 Å². The first-order valence-corrected chi connectivity index (χ1v) is 6.25. The molecule has 0 radical (unpaired) electrons. The third-order valence-electron chi connectivity index (χ3n) is 2.53. The van der Waals surface area contributed by atoms with Crippen LogP contribution in [0.1, 0.15) is 19.4 Å². The lowest BCUT2D eigenvalue weighted by Gasteiger charge is -2.16. The molecule has 5 heteroatoms. The summed E-state index contributed by atoms with van der Waals surface area (Å²) in [6.45, 7) is 3.48. The fourth-order valence-electron chi connectivity index (χ4n) is 1.46. The number of carbonyl (C=O) groups is 2. The average Bonchev–Trinajstić information content (AvgIpc) is 2.34. The molecule has 2 N–H and O–H groups in total. The third kappa shape index (κ3) is 5.14. The molecule has 0 aliphatic carbocycles. The Kier molecular flexibility index (Phi) is 5.57. The number of rotatable bonds is 5. The van der Waals surface area contributed by atoms with Crippen molar-refractivity contribution < 1.29 is 14.7 Å². The summed E-state index contributed by atoms with van der Waals surface area (Å²) in [5.74, 6) is -1.65. The third-order valence-corrected chi connectivity index (χ3v) is 2.78. The van der Waals surface area contributed by atoms with Crippen molar-refractivity contribution in [1.29, 1.82) is 0 Å². The van der Waals surface area contributed by atoms with Crippen LogP contribution in [0.3, 0.4) is 0 Å². The van der Waals surface area contributed by atoms with Gasteiger partial charge in [0.15, 0.2) is 0 Å². The molecule has 0 aliphatic heterocycles. The van der Waals surface area contributed by atoms with Crippen LogP contribution in [0.4, 0.5) is 0 Å². The first-order chi connectivity index (χ1) is 8.90. The summed E-state index contributed by atoms with van der Waals surface area (Å²) < 4.78 is 0. The van der Waals surface area contributed by atoms with Crippen molar-refractivity contribution in [3.8, 4) is 0 Å². The number of carboxylic acids is 1. The quantitative estimate of drug-likeness (QED) is 0.815. The summed E-state index contributed by atoms with van der Waals surface area (Å²) in [6.07, 6.45) is 2.91. The van der Waals surface area contributed by atoms with E-state index in [0.29, 0.717) is 5.02 Å². The maximum absolute atomic E-state index is 11.6. The van der Waals surface area contributed by atoms with Crippen molar-refractivity contribution in [2.45, 2.75) is 19.9 Å². The highest BCUT2D eigenvalue weighted by Crippen LogP contribution is 2.10. The second-order valence-electron chi connectivity index (χ2n) is 4.45. The lowest BCUT2D eigenvalue weighted by molar-refractivity contribution is -0.142. The number of hydrogen-bond acceptors (Lipinski definition) is 2. The zero-order valence-corrected chi connectivity index (χ0v) is 11.5. The van der Waals surface area contributed by atoms with Crippen molar-refractivity contribution in [3.63, 3.8) is 0 Å². The molecule has 1 aromatic carbocycles. The van der Waals surface area contributed by atoms with Gasteiger partial charge in [-0.15, -0.1) is 0 Å². The summed E-state index contributed by atoms with van der Waals surface area (Å²) in [4.78, 5) is 22.5. The standard InChI is InChI=1S/C14H16ClNO3/c1-9(2)13(14(18)19)16-12(17)8-5-10-3-6-11(15)7-4-10/h3-9,13H,1-2H3,(H,16,17)(H,18,19)/b8-5-/t13-/m0/s1. The van der Waals surface area contributed by atoms with Crippen LogP contribution in [0.15, 0.2) is 30.3 Å². The van der Waals surface area contributed by atoms with Crippen molar-refractivity contribution in [3.05, 3.63) is 40.9 Å². The Morgan fingerprint density at radius 1 is 1.26 bits per heavy atom. The number of hydrogen-bond donors (Lipinski definition) is 2. The summed E-state index contributed by atoms with van der Waals surface area (Å²) in [6, 6.07) is 6.08. The van der Waals surface area contributed by atoms with E-state index in [1.54, 1.807) is 44.2 Å². The minimum absolute atomic E-state index is 0.176. The molecule has 0 unspecified atom stereocenters. The minimum Gasteiger partial charge on any atom is -0.480 e. The lowest BCUT2D eigenvalue weighted by Crippen LogP contribution is -2.43. The second-order valence-corrected chi connectivity index (χ2v) is 4.89. The van der Waals surface area contributed by atoms with E-state index < -0.39 is 17.9 Å². The molecule has 0 heterocycles. The van der Waals surface area contributed by atoms with Gasteiger partial charge in [0.1, 0.15) is 6.04 Å². The Morgan fingerprint density at radius 2 is 1.84 bits per heavy atom. The van der Waals surface area contributed by atoms with Gasteiger partial charge in [0.05, 0.1) is 0 Å². The molecule has 0 saturated carbocycles. The lowest BCUT2D eigenvalue weighted by atomic mass is 10.0. The largest absolute Gasteiger partial charge is 0.480 e. The Labute approximate surface area is 117 Å². The first-order valence-electron chi connectivity index (χ1n) is 5.87. The van der Waals surface area contributed by atoms with E-state index in [-0.39, 0.29) is 5.92 Å². The number of amides is 1. The monoisotopic (exact) mass is 281 g/mol. The maximum Gasteiger partial charge on any atom is 0.326 e. The Bertz CT molecular complexity index is 480. The van der Waals surface area contributed by atoms with Gasteiger partial charge in [0.2, 0.25) is 5.91 Å². The van der Waals surface area contributed by atoms with Crippen LogP contribution in [-0.4, -0.2) is 23.0 Å². The number of carbonyl (C=O) groups excluding carboxylic acids is 1. The van der Waals surface area contributed by atoms with Gasteiger partial charge in [-0.3, -0.25) is 4.79 Å². The van der Waals surface area contributed by atoms with Gasteiger partial charge in [0, 0.05) is 11.1 Å². The highest BCUT2D eigenvalue weighted by atomic mass is 35.5. The van der Waals surface area contributed by atoms with Crippen LogP contribution in [0.2, 0.25) is 5.02 Å². The molecule has 1 atom stereocenters. The minimum atomic E-state index is -1.04. The van der Waals surface area contributed by atoms with E-state index in [0.717, 1.165) is 5.56 Å². The molecule has 4 nitrogen and oxygen atoms in total. The molecule has 19 heavy (non-hydrogen) atoms. The normalized spacial score (nSPS) is 12.6. The van der Waals surface area contributed by atoms with E-state index >= 15 is 0 Å². The Hall–Kier alpha value is -1.81. The van der Waals surface area contributed by atoms with E-state index in [1.165, 1.54) is 6.08 Å². The molecule has 0 aliphatic rings. The van der Waals surface area contributed by atoms with Crippen LogP contribution in [0, 0.1) is 5.92 Å². The molecule has 1 amide bonds. The smallest absolute Gasteiger partial charge is 0.326 e. The van der Waals surface area contributed by atoms with Crippen molar-refractivity contribution in [1.82, 2.24) is 5.32 Å². The van der Waals surface area contributed by atoms with E-state index in [9.17, 15) is 9.59 Å². The van der Waals surface area contributed by atoms with Gasteiger partial charge in [-0.05, 0) is 29.7 Å². The summed E-state index contributed by atoms with van der Waals surface area (Å²) in [7, 11) is 0. The summed E-state index contributed by atoms with van der Waals surface area (Å²) in [5, 5.41) is 12.0. The highest BCUT2D eigenvalue weighted by molar-refractivity contribution is 6.30. The number of aliphatic carboxylic acids is 1. The predicted octanol–water partition coefficient (Wildman–Crippen LogP) is 2.58. The molecule has 1 rings (SSSR count). The van der Waals surface area contributed by atoms with E-state index in [4.69, 9.17) is 16.7 Å². The number of carboxylic acid groups (broad SMARTS) is 1. The van der Waals surface area contributed by atoms with Gasteiger partial charge in [-0.25, -0.2) is 4.79 Å². The molecular formula is C14H16ClNO3. The van der Waals surface area contributed by atoms with Gasteiger partial charge < -0.3 is 10.4 Å². The highest BCUT2D eigenvalue weighted by Gasteiger charge is 2.22. The zero-order valence-electron chi connectivity index (χ0n) is 10.8. The first kappa shape index (κ1) is 15.2. The van der Waals surface area contributed by atoms with Crippen molar-refractivity contribution >= 4 is 29.6 Å². The molecule has 102 valence electrons. The molecule has 1 aromatic rings. The topological polar surface area (TPSA) is 66.4 Å². The van der Waals surface area contributed by atoms with Crippen LogP contribution >= 0.6 is 11.6 Å². The second kappa shape index (κ2) is 6.95. The number of halogens is 1. The average molecular weight is 282 g/mol. The molecular weight excluding hydrogens is 266 g/mol. The van der Waals surface area contributed by atoms with Gasteiger partial charge in [-0.2, -0.15) is 0 Å². The number of benzene rings is 1. The fourth-order valence-corrected chi connectivity index (χ4v) is 1.59. The van der Waals surface area contributed by atoms with Gasteiger partial charge in [0.25, 0.3) is 0 Å². The molecule has 0 bridgehead atoms. The van der Waals surface area contributed by atoms with Crippen LogP contribution < -0.4 is 5.32 Å². The fraction of sp³-hybridized carbons (Fsp3) is 0.286. The van der Waals surface area contributed by atoms with Crippen molar-refractivity contribution in [2.24, 2.45) is 5.92 Å². The molecule has 0 spiro atoms. The van der Waals surface area contributed by atoms with Gasteiger partial charge in [-0.1, -0.05) is 37.6 Å². The molecule has 0 aromatic heterocycles. The summed E-state index contributed by atoms with van der Waals surface area (Å²) in [5.41, 5.74) is 0.816. The van der Waals surface area contributed by atoms with Crippen LogP contribution in [0.5, 0.6) is 0 Å². The Morgan fingerprint density at radius 3 is 2.32 bits per heavy atom. The molecule has 0 fully saturated rings. The van der Waals surface area contributed by atoms with Crippen LogP contribution in [0.25, 0.3) is 6.08 Å². The SMILES string of the molecule is CC(C)[C@H](NC(=O)/C=C\c1ccc(Cl)cc1)C(=O)O. The van der Waals surface area contributed by atoms with Gasteiger partial charge >= 0.3 is 5.97 Å². The van der Waals surface area contributed by atoms with Crippen LogP contribution in [-0.2, 0) is 9.59 Å². The Balaban J connectivity index is 2.64.